The van der Waals surface area contributed by atoms with Gasteiger partial charge >= 0.3 is 23.9 Å². The van der Waals surface area contributed by atoms with E-state index in [1.54, 1.807) is 24.3 Å². The van der Waals surface area contributed by atoms with Crippen molar-refractivity contribution in [1.82, 2.24) is 0 Å². The highest BCUT2D eigenvalue weighted by Gasteiger charge is 2.18. The van der Waals surface area contributed by atoms with Crippen LogP contribution in [0.2, 0.25) is 0 Å². The van der Waals surface area contributed by atoms with Crippen molar-refractivity contribution < 1.29 is 39.6 Å². The van der Waals surface area contributed by atoms with Crippen LogP contribution in [0.5, 0.6) is 0 Å². The zero-order valence-electron chi connectivity index (χ0n) is 21.0. The van der Waals surface area contributed by atoms with Gasteiger partial charge in [0.1, 0.15) is 9.75 Å². The van der Waals surface area contributed by atoms with Crippen LogP contribution in [-0.2, 0) is 22.4 Å². The lowest BCUT2D eigenvalue weighted by atomic mass is 9.98. The number of carboxylic acid groups (broad SMARTS) is 4. The fourth-order valence-electron chi connectivity index (χ4n) is 4.44. The summed E-state index contributed by atoms with van der Waals surface area (Å²) in [7, 11) is 0. The van der Waals surface area contributed by atoms with Crippen molar-refractivity contribution in [3.8, 4) is 41.8 Å². The molecule has 0 saturated carbocycles. The summed E-state index contributed by atoms with van der Waals surface area (Å²) in [4.78, 5) is 49.4. The Morgan fingerprint density at radius 1 is 0.488 bits per heavy atom. The van der Waals surface area contributed by atoms with Crippen molar-refractivity contribution in [3.05, 3.63) is 93.7 Å². The molecule has 5 rings (SSSR count). The van der Waals surface area contributed by atoms with E-state index in [1.165, 1.54) is 23.5 Å². The number of rotatable bonds is 10. The topological polar surface area (TPSA) is 149 Å². The zero-order chi connectivity index (χ0) is 29.3. The van der Waals surface area contributed by atoms with E-state index in [0.717, 1.165) is 54.7 Å². The average Bonchev–Trinajstić information content (AvgIpc) is 3.69. The van der Waals surface area contributed by atoms with E-state index >= 15 is 0 Å². The molecule has 3 aromatic heterocycles. The van der Waals surface area contributed by atoms with Crippen molar-refractivity contribution in [3.63, 3.8) is 0 Å². The van der Waals surface area contributed by atoms with Gasteiger partial charge in [-0.05, 0) is 81.9 Å². The number of hydrogen-bond acceptors (Lipinski definition) is 7. The van der Waals surface area contributed by atoms with E-state index in [4.69, 9.17) is 0 Å². The number of aromatic carboxylic acids is 2. The Morgan fingerprint density at radius 2 is 0.878 bits per heavy atom. The van der Waals surface area contributed by atoms with Crippen LogP contribution in [0.1, 0.15) is 30.5 Å². The first-order valence-electron chi connectivity index (χ1n) is 12.1. The van der Waals surface area contributed by atoms with Crippen LogP contribution in [0.25, 0.3) is 41.8 Å². The molecule has 0 aliphatic rings. The molecule has 0 spiro atoms. The maximum absolute atomic E-state index is 11.7. The first-order valence-corrected chi connectivity index (χ1v) is 14.5. The molecule has 0 radical (unpaired) electrons. The molecule has 0 aliphatic carbocycles. The third-order valence-electron chi connectivity index (χ3n) is 6.23. The molecule has 0 bridgehead atoms. The number of hydrogen-bond donors (Lipinski definition) is 4. The third kappa shape index (κ3) is 6.12. The Hall–Kier alpha value is -4.58. The number of carbonyl (C=O) groups is 4. The first-order chi connectivity index (χ1) is 19.6. The van der Waals surface area contributed by atoms with Crippen molar-refractivity contribution in [2.24, 2.45) is 0 Å². The normalized spacial score (nSPS) is 10.9. The highest BCUT2D eigenvalue weighted by Crippen LogP contribution is 2.41. The molecule has 206 valence electrons. The Balaban J connectivity index is 1.52. The molecular weight excluding hydrogens is 585 g/mol. The monoisotopic (exact) mass is 604 g/mol. The molecule has 11 heteroatoms. The zero-order valence-corrected chi connectivity index (χ0v) is 23.4. The molecule has 0 amide bonds. The summed E-state index contributed by atoms with van der Waals surface area (Å²) in [5.74, 6) is -4.05. The van der Waals surface area contributed by atoms with Gasteiger partial charge in [-0.2, -0.15) is 0 Å². The molecule has 41 heavy (non-hydrogen) atoms. The van der Waals surface area contributed by atoms with Crippen LogP contribution in [0.4, 0.5) is 0 Å². The van der Waals surface area contributed by atoms with Crippen molar-refractivity contribution in [2.45, 2.75) is 12.8 Å². The minimum absolute atomic E-state index is 0.191. The second-order valence-corrected chi connectivity index (χ2v) is 12.2. The number of carboxylic acids is 4. The molecule has 0 fully saturated rings. The van der Waals surface area contributed by atoms with Crippen molar-refractivity contribution >= 4 is 57.9 Å². The highest BCUT2D eigenvalue weighted by molar-refractivity contribution is 7.19. The first kappa shape index (κ1) is 28.0. The third-order valence-corrected chi connectivity index (χ3v) is 9.63. The van der Waals surface area contributed by atoms with Crippen LogP contribution >= 0.6 is 34.0 Å². The summed E-state index contributed by atoms with van der Waals surface area (Å²) >= 11 is 3.63. The molecule has 4 N–H and O–H groups in total. The van der Waals surface area contributed by atoms with E-state index in [9.17, 15) is 39.6 Å². The van der Waals surface area contributed by atoms with Crippen molar-refractivity contribution in [1.29, 1.82) is 0 Å². The van der Waals surface area contributed by atoms with Crippen LogP contribution in [0.15, 0.2) is 72.8 Å². The Kier molecular flexibility index (Phi) is 7.84. The number of aliphatic carboxylic acids is 2. The van der Waals surface area contributed by atoms with Gasteiger partial charge in [0.15, 0.2) is 0 Å². The SMILES string of the molecule is O=C(O)Cc1cc(-c2ccc(C(=O)O)s2)ccc1-c1ccc(-c2ccc(-c3ccc(C(=O)O)s3)cc2CC(=O)O)s1. The Morgan fingerprint density at radius 3 is 1.22 bits per heavy atom. The number of thiophene rings is 3. The Bertz CT molecular complexity index is 1690. The van der Waals surface area contributed by atoms with Crippen LogP contribution in [0, 0.1) is 0 Å². The molecule has 2 aromatic carbocycles. The number of benzene rings is 2. The van der Waals surface area contributed by atoms with Crippen LogP contribution < -0.4 is 0 Å². The second-order valence-electron chi connectivity index (χ2n) is 8.99. The molecular formula is C30H20O8S3. The van der Waals surface area contributed by atoms with Crippen LogP contribution in [0.3, 0.4) is 0 Å². The van der Waals surface area contributed by atoms with Crippen molar-refractivity contribution in [2.75, 3.05) is 0 Å². The van der Waals surface area contributed by atoms with Crippen LogP contribution in [-0.4, -0.2) is 44.3 Å². The summed E-state index contributed by atoms with van der Waals surface area (Å²) in [6, 6.07) is 21.0. The quantitative estimate of drug-likeness (QED) is 0.131. The fourth-order valence-corrected chi connectivity index (χ4v) is 7.25. The van der Waals surface area contributed by atoms with Gasteiger partial charge in [0.25, 0.3) is 0 Å². The van der Waals surface area contributed by atoms with Gasteiger partial charge in [0, 0.05) is 19.5 Å². The van der Waals surface area contributed by atoms with Gasteiger partial charge in [-0.1, -0.05) is 24.3 Å². The smallest absolute Gasteiger partial charge is 0.345 e. The van der Waals surface area contributed by atoms with Gasteiger partial charge in [0.05, 0.1) is 12.8 Å². The van der Waals surface area contributed by atoms with E-state index in [1.807, 2.05) is 36.4 Å². The molecule has 0 atom stereocenters. The maximum atomic E-state index is 11.7. The molecule has 3 heterocycles. The van der Waals surface area contributed by atoms with Gasteiger partial charge in [-0.25, -0.2) is 9.59 Å². The summed E-state index contributed by atoms with van der Waals surface area (Å²) < 4.78 is 0. The lowest BCUT2D eigenvalue weighted by Gasteiger charge is -2.10. The van der Waals surface area contributed by atoms with Gasteiger partial charge in [0.2, 0.25) is 0 Å². The van der Waals surface area contributed by atoms with Gasteiger partial charge < -0.3 is 20.4 Å². The van der Waals surface area contributed by atoms with E-state index in [-0.39, 0.29) is 22.6 Å². The van der Waals surface area contributed by atoms with E-state index in [0.29, 0.717) is 20.9 Å². The minimum atomic E-state index is -1.02. The molecule has 5 aromatic rings. The van der Waals surface area contributed by atoms with E-state index < -0.39 is 23.9 Å². The van der Waals surface area contributed by atoms with Gasteiger partial charge in [-0.3, -0.25) is 9.59 Å². The summed E-state index contributed by atoms with van der Waals surface area (Å²) in [6.07, 6.45) is -0.461. The van der Waals surface area contributed by atoms with E-state index in [2.05, 4.69) is 0 Å². The predicted octanol–water partition coefficient (Wildman–Crippen LogP) is 7.19. The minimum Gasteiger partial charge on any atom is -0.481 e. The molecule has 0 unspecified atom stereocenters. The fraction of sp³-hybridized carbons (Fsp3) is 0.0667. The summed E-state index contributed by atoms with van der Waals surface area (Å²) in [5, 5.41) is 37.6. The highest BCUT2D eigenvalue weighted by atomic mass is 32.1. The summed E-state index contributed by atoms with van der Waals surface area (Å²) in [6.45, 7) is 0. The predicted molar refractivity (Wildman–Crippen MR) is 158 cm³/mol. The Labute approximate surface area is 245 Å². The van der Waals surface area contributed by atoms with Gasteiger partial charge in [-0.15, -0.1) is 34.0 Å². The second kappa shape index (κ2) is 11.5. The maximum Gasteiger partial charge on any atom is 0.345 e. The summed E-state index contributed by atoms with van der Waals surface area (Å²) in [5.41, 5.74) is 4.03. The largest absolute Gasteiger partial charge is 0.481 e. The standard InChI is InChI=1S/C30H20O8S3/c31-27(32)13-17-11-15(21-5-9-25(39-21)29(35)36)1-3-19(17)23-7-8-24(41-23)20-4-2-16(12-18(20)14-28(33)34)22-6-10-26(40-22)30(37)38/h1-12H,13-14H2,(H,31,32)(H,33,34)(H,35,36)(H,37,38). The molecule has 0 saturated heterocycles. The molecule has 0 aliphatic heterocycles. The average molecular weight is 605 g/mol. The molecule has 8 nitrogen and oxygen atoms in total. The lowest BCUT2D eigenvalue weighted by molar-refractivity contribution is -0.137. The lowest BCUT2D eigenvalue weighted by Crippen LogP contribution is -2.02.